The van der Waals surface area contributed by atoms with E-state index in [-0.39, 0.29) is 12.2 Å². The lowest BCUT2D eigenvalue weighted by atomic mass is 9.83. The maximum absolute atomic E-state index is 13.7. The van der Waals surface area contributed by atoms with Crippen LogP contribution >= 0.6 is 22.6 Å². The quantitative estimate of drug-likeness (QED) is 0.320. The minimum atomic E-state index is -4.40. The Hall–Kier alpha value is -1.92. The molecule has 39 heavy (non-hydrogen) atoms. The monoisotopic (exact) mass is 656 g/mol. The van der Waals surface area contributed by atoms with E-state index in [1.165, 1.54) is 6.07 Å². The highest BCUT2D eigenvalue weighted by atomic mass is 127. The maximum Gasteiger partial charge on any atom is 0.416 e. The second kappa shape index (κ2) is 12.3. The van der Waals surface area contributed by atoms with E-state index < -0.39 is 11.7 Å². The molecular weight excluding hydrogens is 620 g/mol. The number of rotatable bonds is 6. The summed E-state index contributed by atoms with van der Waals surface area (Å²) in [5, 5.41) is 14.7. The first-order chi connectivity index (χ1) is 18.7. The number of hydrogen-bond acceptors (Lipinski definition) is 5. The number of alkyl halides is 3. The van der Waals surface area contributed by atoms with E-state index in [0.29, 0.717) is 37.0 Å². The van der Waals surface area contributed by atoms with Crippen molar-refractivity contribution in [3.8, 4) is 0 Å². The minimum absolute atomic E-state index is 0.230. The van der Waals surface area contributed by atoms with Gasteiger partial charge in [-0.3, -0.25) is 0 Å². The molecule has 1 aliphatic heterocycles. The van der Waals surface area contributed by atoms with E-state index in [1.807, 2.05) is 10.6 Å². The summed E-state index contributed by atoms with van der Waals surface area (Å²) in [4.78, 5) is 7.25. The molecule has 2 unspecified atom stereocenters. The van der Waals surface area contributed by atoms with Crippen molar-refractivity contribution in [2.24, 2.45) is 11.8 Å². The zero-order chi connectivity index (χ0) is 27.6. The van der Waals surface area contributed by atoms with Crippen molar-refractivity contribution in [2.45, 2.75) is 64.5 Å². The molecule has 6 nitrogen and oxygen atoms in total. The molecule has 2 aliphatic rings. The van der Waals surface area contributed by atoms with E-state index in [0.717, 1.165) is 90.5 Å². The Bertz CT molecular complexity index is 1290. The van der Waals surface area contributed by atoms with Crippen LogP contribution in [0.2, 0.25) is 0 Å². The van der Waals surface area contributed by atoms with Crippen LogP contribution in [0.5, 0.6) is 0 Å². The minimum Gasteiger partial charge on any atom is -0.396 e. The molecule has 212 valence electrons. The van der Waals surface area contributed by atoms with Gasteiger partial charge in [0.1, 0.15) is 0 Å². The topological polar surface area (TPSA) is 62.9 Å². The third kappa shape index (κ3) is 6.53. The molecule has 0 amide bonds. The first-order valence-electron chi connectivity index (χ1n) is 13.9. The summed E-state index contributed by atoms with van der Waals surface area (Å²) in [5.74, 6) is 1.60. The van der Waals surface area contributed by atoms with Gasteiger partial charge in [-0.1, -0.05) is 31.4 Å². The summed E-state index contributed by atoms with van der Waals surface area (Å²) in [6, 6.07) is 6.47. The van der Waals surface area contributed by atoms with E-state index in [4.69, 9.17) is 14.8 Å². The molecule has 3 heterocycles. The first-order valence-corrected chi connectivity index (χ1v) is 15.0. The smallest absolute Gasteiger partial charge is 0.396 e. The number of morpholine rings is 1. The van der Waals surface area contributed by atoms with Gasteiger partial charge >= 0.3 is 6.18 Å². The second-order valence-electron chi connectivity index (χ2n) is 10.9. The van der Waals surface area contributed by atoms with Gasteiger partial charge in [0.15, 0.2) is 11.5 Å². The van der Waals surface area contributed by atoms with Crippen molar-refractivity contribution in [3.05, 3.63) is 55.9 Å². The third-order valence-corrected chi connectivity index (χ3v) is 9.14. The number of aromatic nitrogens is 3. The van der Waals surface area contributed by atoms with Crippen molar-refractivity contribution < 1.29 is 23.0 Å². The summed E-state index contributed by atoms with van der Waals surface area (Å²) in [5.41, 5.74) is 2.83. The highest BCUT2D eigenvalue weighted by molar-refractivity contribution is 14.1. The maximum atomic E-state index is 13.7. The number of ether oxygens (including phenoxy) is 1. The summed E-state index contributed by atoms with van der Waals surface area (Å²) in [7, 11) is 0. The summed E-state index contributed by atoms with van der Waals surface area (Å²) < 4.78 is 49.5. The first kappa shape index (κ1) is 28.6. The molecule has 2 atom stereocenters. The van der Waals surface area contributed by atoms with Crippen molar-refractivity contribution in [1.29, 1.82) is 0 Å². The molecule has 10 heteroatoms. The number of benzene rings is 1. The van der Waals surface area contributed by atoms with Gasteiger partial charge in [0.05, 0.1) is 33.7 Å². The fourth-order valence-corrected chi connectivity index (χ4v) is 6.62. The Labute approximate surface area is 241 Å². The van der Waals surface area contributed by atoms with Crippen LogP contribution in [0.4, 0.5) is 19.0 Å². The van der Waals surface area contributed by atoms with Crippen molar-refractivity contribution in [3.63, 3.8) is 0 Å². The summed E-state index contributed by atoms with van der Waals surface area (Å²) in [6.45, 7) is 4.55. The number of anilines is 1. The highest BCUT2D eigenvalue weighted by Crippen LogP contribution is 2.35. The predicted molar refractivity (Wildman–Crippen MR) is 153 cm³/mol. The molecule has 0 bridgehead atoms. The number of halogens is 4. The fourth-order valence-electron chi connectivity index (χ4n) is 6.00. The van der Waals surface area contributed by atoms with Crippen molar-refractivity contribution in [1.82, 2.24) is 14.6 Å². The molecular formula is C29H36F3IN4O2. The lowest BCUT2D eigenvalue weighted by molar-refractivity contribution is -0.138. The molecule has 1 N–H and O–H groups in total. The average molecular weight is 657 g/mol. The van der Waals surface area contributed by atoms with Crippen LogP contribution in [0.25, 0.3) is 5.65 Å². The number of hydrogen-bond donors (Lipinski definition) is 1. The Morgan fingerprint density at radius 1 is 1.08 bits per heavy atom. The number of aliphatic hydroxyl groups is 1. The molecule has 0 spiro atoms. The van der Waals surface area contributed by atoms with Crippen LogP contribution in [0.3, 0.4) is 0 Å². The number of nitrogens with zero attached hydrogens (tertiary/aromatic N) is 4. The van der Waals surface area contributed by atoms with Gasteiger partial charge in [-0.15, -0.1) is 5.10 Å². The Morgan fingerprint density at radius 2 is 1.79 bits per heavy atom. The predicted octanol–water partition coefficient (Wildman–Crippen LogP) is 6.21. The van der Waals surface area contributed by atoms with E-state index in [9.17, 15) is 18.3 Å². The fraction of sp³-hybridized carbons (Fsp3) is 0.586. The van der Waals surface area contributed by atoms with Crippen LogP contribution < -0.4 is 4.90 Å². The Morgan fingerprint density at radius 3 is 2.51 bits per heavy atom. The molecule has 2 fully saturated rings. The SMILES string of the molecule is Cc1c(Cc2c(CC3CCCCC(CO)CC3)nc3c(I)cc(N4CCOCC4)nn23)cccc1C(F)(F)F. The molecule has 1 saturated carbocycles. The van der Waals surface area contributed by atoms with E-state index in [1.54, 1.807) is 13.0 Å². The highest BCUT2D eigenvalue weighted by Gasteiger charge is 2.33. The molecule has 5 rings (SSSR count). The van der Waals surface area contributed by atoms with Crippen LogP contribution in [-0.2, 0) is 23.8 Å². The van der Waals surface area contributed by atoms with Gasteiger partial charge in [-0.25, -0.2) is 9.50 Å². The van der Waals surface area contributed by atoms with Gasteiger partial charge in [0, 0.05) is 26.1 Å². The van der Waals surface area contributed by atoms with Gasteiger partial charge in [0.25, 0.3) is 0 Å². The largest absolute Gasteiger partial charge is 0.416 e. The lowest BCUT2D eigenvalue weighted by Gasteiger charge is -2.27. The standard InChI is InChI=1S/C29H36F3IN4O2/c1-19-22(7-4-8-23(19)29(30,31)32)16-26-25(15-20-5-2-3-6-21(18-38)10-9-20)34-28-24(33)17-27(35-37(26)28)36-11-13-39-14-12-36/h4,7-8,17,20-21,38H,2-3,5-6,9-16,18H2,1H3. The van der Waals surface area contributed by atoms with Crippen molar-refractivity contribution >= 4 is 34.1 Å². The van der Waals surface area contributed by atoms with Crippen molar-refractivity contribution in [2.75, 3.05) is 37.8 Å². The Balaban J connectivity index is 1.56. The normalized spacial score (nSPS) is 21.2. The van der Waals surface area contributed by atoms with Gasteiger partial charge in [-0.05, 0) is 90.3 Å². The molecule has 1 aromatic carbocycles. The lowest BCUT2D eigenvalue weighted by Crippen LogP contribution is -2.37. The van der Waals surface area contributed by atoms with E-state index >= 15 is 0 Å². The number of imidazole rings is 1. The second-order valence-corrected chi connectivity index (χ2v) is 12.1. The molecule has 0 radical (unpaired) electrons. The van der Waals surface area contributed by atoms with Crippen LogP contribution in [0.15, 0.2) is 24.3 Å². The van der Waals surface area contributed by atoms with Crippen LogP contribution in [-0.4, -0.2) is 52.6 Å². The number of aliphatic hydroxyl groups excluding tert-OH is 1. The van der Waals surface area contributed by atoms with E-state index in [2.05, 4.69) is 27.5 Å². The number of fused-ring (bicyclic) bond motifs is 1. The third-order valence-electron chi connectivity index (χ3n) is 8.34. The zero-order valence-electron chi connectivity index (χ0n) is 22.3. The molecule has 1 saturated heterocycles. The Kier molecular flexibility index (Phi) is 9.02. The van der Waals surface area contributed by atoms with Gasteiger partial charge < -0.3 is 14.7 Å². The summed E-state index contributed by atoms with van der Waals surface area (Å²) in [6.07, 6.45) is 3.10. The average Bonchev–Trinajstić information content (AvgIpc) is 3.24. The molecule has 1 aliphatic carbocycles. The van der Waals surface area contributed by atoms with Gasteiger partial charge in [0.2, 0.25) is 0 Å². The molecule has 2 aromatic heterocycles. The van der Waals surface area contributed by atoms with Crippen LogP contribution in [0.1, 0.15) is 66.6 Å². The van der Waals surface area contributed by atoms with Crippen LogP contribution in [0, 0.1) is 22.3 Å². The van der Waals surface area contributed by atoms with Gasteiger partial charge in [-0.2, -0.15) is 13.2 Å². The summed E-state index contributed by atoms with van der Waals surface area (Å²) >= 11 is 2.30. The zero-order valence-corrected chi connectivity index (χ0v) is 24.5. The molecule has 3 aromatic rings.